The van der Waals surface area contributed by atoms with Gasteiger partial charge in [-0.1, -0.05) is 66.7 Å². The first-order valence-electron chi connectivity index (χ1n) is 8.07. The standard InChI is InChI=1S/C13H12.C9H6N2O2/c1-3-7-12(8-4-1)11-13-9-5-2-6-10-13;1-7-2-3-8(10-5-12)4-9(7)11-6-13/h1-10H,11H2;2-4H,1H3. The molecule has 0 saturated carbocycles. The van der Waals surface area contributed by atoms with Crippen molar-refractivity contribution in [3.8, 4) is 0 Å². The van der Waals surface area contributed by atoms with E-state index >= 15 is 0 Å². The highest BCUT2D eigenvalue weighted by atomic mass is 16.1. The molecule has 26 heavy (non-hydrogen) atoms. The highest BCUT2D eigenvalue weighted by Crippen LogP contribution is 2.23. The van der Waals surface area contributed by atoms with Crippen LogP contribution in [-0.4, -0.2) is 12.2 Å². The molecule has 0 aliphatic heterocycles. The summed E-state index contributed by atoms with van der Waals surface area (Å²) >= 11 is 0. The van der Waals surface area contributed by atoms with Crippen molar-refractivity contribution in [1.82, 2.24) is 0 Å². The van der Waals surface area contributed by atoms with Gasteiger partial charge < -0.3 is 0 Å². The first kappa shape index (κ1) is 18.8. The molecule has 0 unspecified atom stereocenters. The number of nitrogens with zero attached hydrogens (tertiary/aromatic N) is 2. The summed E-state index contributed by atoms with van der Waals surface area (Å²) in [7, 11) is 0. The molecule has 0 saturated heterocycles. The van der Waals surface area contributed by atoms with Crippen LogP contribution in [0.1, 0.15) is 16.7 Å². The van der Waals surface area contributed by atoms with Gasteiger partial charge in [0.15, 0.2) is 0 Å². The molecule has 3 aromatic rings. The van der Waals surface area contributed by atoms with Crippen molar-refractivity contribution in [2.24, 2.45) is 9.98 Å². The number of aryl methyl sites for hydroxylation is 1. The number of hydrogen-bond acceptors (Lipinski definition) is 4. The van der Waals surface area contributed by atoms with Crippen LogP contribution in [0.4, 0.5) is 11.4 Å². The molecule has 0 aromatic heterocycles. The Morgan fingerprint density at radius 1 is 0.731 bits per heavy atom. The maximum absolute atomic E-state index is 10.00. The van der Waals surface area contributed by atoms with Crippen molar-refractivity contribution in [1.29, 1.82) is 0 Å². The quantitative estimate of drug-likeness (QED) is 0.483. The number of aliphatic imine (C=N–C) groups is 2. The van der Waals surface area contributed by atoms with Crippen molar-refractivity contribution in [3.05, 3.63) is 95.6 Å². The molecule has 0 aliphatic carbocycles. The van der Waals surface area contributed by atoms with E-state index in [-0.39, 0.29) is 0 Å². The minimum absolute atomic E-state index is 0.426. The van der Waals surface area contributed by atoms with E-state index in [9.17, 15) is 9.59 Å². The van der Waals surface area contributed by atoms with E-state index < -0.39 is 0 Å². The van der Waals surface area contributed by atoms with Gasteiger partial charge in [-0.15, -0.1) is 0 Å². The van der Waals surface area contributed by atoms with Crippen molar-refractivity contribution in [3.63, 3.8) is 0 Å². The molecule has 4 nitrogen and oxygen atoms in total. The predicted octanol–water partition coefficient (Wildman–Crippen LogP) is 5.21. The van der Waals surface area contributed by atoms with E-state index in [0.717, 1.165) is 12.0 Å². The first-order valence-corrected chi connectivity index (χ1v) is 8.07. The number of hydrogen-bond donors (Lipinski definition) is 0. The molecule has 128 valence electrons. The van der Waals surface area contributed by atoms with Gasteiger partial charge in [-0.2, -0.15) is 9.98 Å². The Hall–Kier alpha value is -3.58. The van der Waals surface area contributed by atoms with Crippen LogP contribution in [0.3, 0.4) is 0 Å². The Balaban J connectivity index is 0.000000187. The fraction of sp³-hybridized carbons (Fsp3) is 0.0909. The largest absolute Gasteiger partial charge is 0.240 e. The van der Waals surface area contributed by atoms with Gasteiger partial charge in [0.1, 0.15) is 0 Å². The zero-order valence-corrected chi connectivity index (χ0v) is 14.4. The zero-order valence-electron chi connectivity index (χ0n) is 14.4. The third kappa shape index (κ3) is 6.14. The van der Waals surface area contributed by atoms with Crippen LogP contribution in [0, 0.1) is 6.92 Å². The van der Waals surface area contributed by atoms with Gasteiger partial charge in [0.25, 0.3) is 0 Å². The van der Waals surface area contributed by atoms with Gasteiger partial charge in [-0.05, 0) is 42.2 Å². The topological polar surface area (TPSA) is 58.9 Å². The highest BCUT2D eigenvalue weighted by molar-refractivity contribution is 5.61. The van der Waals surface area contributed by atoms with E-state index in [1.54, 1.807) is 19.1 Å². The van der Waals surface area contributed by atoms with Gasteiger partial charge in [-0.25, -0.2) is 9.59 Å². The zero-order chi connectivity index (χ0) is 18.6. The van der Waals surface area contributed by atoms with Gasteiger partial charge >= 0.3 is 0 Å². The average Bonchev–Trinajstić information content (AvgIpc) is 2.67. The van der Waals surface area contributed by atoms with Gasteiger partial charge in [-0.3, -0.25) is 0 Å². The normalized spacial score (nSPS) is 9.12. The maximum Gasteiger partial charge on any atom is 0.240 e. The van der Waals surface area contributed by atoms with Crippen LogP contribution in [-0.2, 0) is 16.0 Å². The molecule has 0 aliphatic rings. The molecule has 0 amide bonds. The van der Waals surface area contributed by atoms with Crippen molar-refractivity contribution >= 4 is 23.5 Å². The van der Waals surface area contributed by atoms with E-state index in [0.29, 0.717) is 11.4 Å². The minimum atomic E-state index is 0.426. The smallest absolute Gasteiger partial charge is 0.211 e. The Bertz CT molecular complexity index is 887. The summed E-state index contributed by atoms with van der Waals surface area (Å²) < 4.78 is 0. The molecule has 3 rings (SSSR count). The third-order valence-electron chi connectivity index (χ3n) is 3.63. The molecular formula is C22H18N2O2. The average molecular weight is 342 g/mol. The maximum atomic E-state index is 10.00. The summed E-state index contributed by atoms with van der Waals surface area (Å²) in [6.45, 7) is 1.80. The fourth-order valence-corrected chi connectivity index (χ4v) is 2.32. The monoisotopic (exact) mass is 342 g/mol. The minimum Gasteiger partial charge on any atom is -0.211 e. The van der Waals surface area contributed by atoms with Crippen LogP contribution in [0.2, 0.25) is 0 Å². The summed E-state index contributed by atoms with van der Waals surface area (Å²) in [4.78, 5) is 26.8. The highest BCUT2D eigenvalue weighted by Gasteiger charge is 1.97. The number of isocyanates is 2. The first-order chi connectivity index (χ1) is 12.7. The Morgan fingerprint density at radius 3 is 1.77 bits per heavy atom. The van der Waals surface area contributed by atoms with Gasteiger partial charge in [0, 0.05) is 0 Å². The summed E-state index contributed by atoms with van der Waals surface area (Å²) in [5.41, 5.74) is 4.46. The SMILES string of the molecule is Cc1ccc(N=C=O)cc1N=C=O.c1ccc(Cc2ccccc2)cc1. The summed E-state index contributed by atoms with van der Waals surface area (Å²) in [5.74, 6) is 0. The van der Waals surface area contributed by atoms with E-state index in [4.69, 9.17) is 0 Å². The Labute approximate surface area is 152 Å². The van der Waals surface area contributed by atoms with Crippen LogP contribution in [0.5, 0.6) is 0 Å². The molecular weight excluding hydrogens is 324 g/mol. The molecule has 4 heteroatoms. The van der Waals surface area contributed by atoms with Crippen LogP contribution in [0.25, 0.3) is 0 Å². The number of carbonyl (C=O) groups excluding carboxylic acids is 2. The van der Waals surface area contributed by atoms with Crippen LogP contribution < -0.4 is 0 Å². The van der Waals surface area contributed by atoms with E-state index in [1.165, 1.54) is 29.4 Å². The van der Waals surface area contributed by atoms with E-state index in [2.05, 4.69) is 70.6 Å². The van der Waals surface area contributed by atoms with Gasteiger partial charge in [0.2, 0.25) is 12.2 Å². The van der Waals surface area contributed by atoms with Crippen molar-refractivity contribution in [2.45, 2.75) is 13.3 Å². The number of benzene rings is 3. The molecule has 0 spiro atoms. The molecule has 0 N–H and O–H groups in total. The Morgan fingerprint density at radius 2 is 1.27 bits per heavy atom. The predicted molar refractivity (Wildman–Crippen MR) is 102 cm³/mol. The lowest BCUT2D eigenvalue weighted by atomic mass is 10.1. The lowest BCUT2D eigenvalue weighted by Gasteiger charge is -2.00. The molecule has 0 fully saturated rings. The molecule has 0 radical (unpaired) electrons. The van der Waals surface area contributed by atoms with Crippen molar-refractivity contribution < 1.29 is 9.59 Å². The lowest BCUT2D eigenvalue weighted by Crippen LogP contribution is -1.85. The van der Waals surface area contributed by atoms with E-state index in [1.807, 2.05) is 0 Å². The molecule has 0 atom stereocenters. The van der Waals surface area contributed by atoms with Crippen molar-refractivity contribution in [2.75, 3.05) is 0 Å². The second-order valence-electron chi connectivity index (χ2n) is 5.52. The third-order valence-corrected chi connectivity index (χ3v) is 3.63. The molecule has 3 aromatic carbocycles. The summed E-state index contributed by atoms with van der Waals surface area (Å²) in [6.07, 6.45) is 3.87. The van der Waals surface area contributed by atoms with Gasteiger partial charge in [0.05, 0.1) is 11.4 Å². The second-order valence-corrected chi connectivity index (χ2v) is 5.52. The van der Waals surface area contributed by atoms with Crippen LogP contribution in [0.15, 0.2) is 88.8 Å². The molecule has 0 heterocycles. The summed E-state index contributed by atoms with van der Waals surface area (Å²) in [5, 5.41) is 0. The van der Waals surface area contributed by atoms with Crippen LogP contribution >= 0.6 is 0 Å². The Kier molecular flexibility index (Phi) is 7.44. The fourth-order valence-electron chi connectivity index (χ4n) is 2.32. The molecule has 0 bridgehead atoms. The number of rotatable bonds is 4. The lowest BCUT2D eigenvalue weighted by molar-refractivity contribution is 0.565. The summed E-state index contributed by atoms with van der Waals surface area (Å²) in [6, 6.07) is 25.9. The second kappa shape index (κ2) is 10.3.